The van der Waals surface area contributed by atoms with Crippen LogP contribution in [0.1, 0.15) is 29.7 Å². The van der Waals surface area contributed by atoms with Gasteiger partial charge in [0.2, 0.25) is 0 Å². The number of rotatable bonds is 5. The van der Waals surface area contributed by atoms with Gasteiger partial charge in [-0.25, -0.2) is 9.37 Å². The van der Waals surface area contributed by atoms with Crippen LogP contribution in [0.25, 0.3) is 27.9 Å². The van der Waals surface area contributed by atoms with Gasteiger partial charge < -0.3 is 14.7 Å². The molecule has 1 atom stereocenters. The minimum absolute atomic E-state index is 0.218. The second kappa shape index (κ2) is 8.95. The smallest absolute Gasteiger partial charge is 0.138 e. The maximum atomic E-state index is 13.5. The number of fused-ring (bicyclic) bond motifs is 2. The number of hydrogen-bond acceptors (Lipinski definition) is 3. The van der Waals surface area contributed by atoms with Gasteiger partial charge in [0.1, 0.15) is 17.2 Å². The molecule has 2 N–H and O–H groups in total. The lowest BCUT2D eigenvalue weighted by molar-refractivity contribution is 0.201. The Balaban J connectivity index is 1.40. The Kier molecular flexibility index (Phi) is 5.63. The molecule has 1 saturated heterocycles. The zero-order valence-corrected chi connectivity index (χ0v) is 20.0. The molecule has 5 nitrogen and oxygen atoms in total. The summed E-state index contributed by atoms with van der Waals surface area (Å²) < 4.78 is 18.0. The van der Waals surface area contributed by atoms with Crippen molar-refractivity contribution in [2.75, 3.05) is 13.1 Å². The van der Waals surface area contributed by atoms with Gasteiger partial charge in [0, 0.05) is 48.5 Å². The van der Waals surface area contributed by atoms with Crippen molar-refractivity contribution in [2.45, 2.75) is 38.9 Å². The quantitative estimate of drug-likeness (QED) is 0.378. The van der Waals surface area contributed by atoms with E-state index in [1.165, 1.54) is 23.1 Å². The van der Waals surface area contributed by atoms with E-state index >= 15 is 0 Å². The van der Waals surface area contributed by atoms with Gasteiger partial charge >= 0.3 is 0 Å². The monoisotopic (exact) mass is 467 g/mol. The van der Waals surface area contributed by atoms with E-state index in [0.717, 1.165) is 66.3 Å². The van der Waals surface area contributed by atoms with Gasteiger partial charge in [0.15, 0.2) is 0 Å². The summed E-state index contributed by atoms with van der Waals surface area (Å²) in [4.78, 5) is 7.54. The number of para-hydroxylation sites is 1. The summed E-state index contributed by atoms with van der Waals surface area (Å²) in [7, 11) is 0. The molecule has 6 heteroatoms. The number of imidazole rings is 1. The number of hydrogen-bond donors (Lipinski definition) is 1. The molecule has 2 aromatic carbocycles. The number of likely N-dealkylation sites (tertiary alicyclic amines) is 1. The number of nitrogens with two attached hydrogens (primary N) is 1. The summed E-state index contributed by atoms with van der Waals surface area (Å²) in [6.45, 7) is 5.72. The van der Waals surface area contributed by atoms with E-state index in [1.54, 1.807) is 0 Å². The maximum absolute atomic E-state index is 13.5. The van der Waals surface area contributed by atoms with Crippen LogP contribution >= 0.6 is 0 Å². The number of aryl methyl sites for hydroxylation is 1. The highest BCUT2D eigenvalue weighted by atomic mass is 19.1. The molecule has 3 aromatic heterocycles. The Morgan fingerprint density at radius 1 is 1.00 bits per heavy atom. The van der Waals surface area contributed by atoms with Crippen LogP contribution in [0.5, 0.6) is 0 Å². The highest BCUT2D eigenvalue weighted by Crippen LogP contribution is 2.31. The third-order valence-corrected chi connectivity index (χ3v) is 7.18. The normalized spacial score (nSPS) is 16.9. The Morgan fingerprint density at radius 2 is 1.83 bits per heavy atom. The molecule has 6 rings (SSSR count). The fraction of sp³-hybridized carbons (Fsp3) is 0.276. The van der Waals surface area contributed by atoms with Gasteiger partial charge in [-0.1, -0.05) is 30.3 Å². The summed E-state index contributed by atoms with van der Waals surface area (Å²) in [5, 5.41) is 1.17. The number of piperidine rings is 1. The lowest BCUT2D eigenvalue weighted by Gasteiger charge is -2.30. The van der Waals surface area contributed by atoms with E-state index in [0.29, 0.717) is 6.54 Å². The van der Waals surface area contributed by atoms with Crippen LogP contribution in [0.3, 0.4) is 0 Å². The molecular formula is C29H30FN5. The van der Waals surface area contributed by atoms with E-state index in [9.17, 15) is 4.39 Å². The minimum atomic E-state index is -0.218. The fourth-order valence-corrected chi connectivity index (χ4v) is 5.39. The molecule has 35 heavy (non-hydrogen) atoms. The molecule has 0 bridgehead atoms. The molecule has 0 spiro atoms. The van der Waals surface area contributed by atoms with Crippen molar-refractivity contribution < 1.29 is 4.39 Å². The fourth-order valence-electron chi connectivity index (χ4n) is 5.39. The summed E-state index contributed by atoms with van der Waals surface area (Å²) in [5.74, 6) is -0.218. The molecule has 0 radical (unpaired) electrons. The standard InChI is InChI=1S/C29H30FN5/c1-20-29(32-28-15-22(12-14-34(20)28)17-33-13-4-6-25(31)19-33)27-16-23-5-2-3-7-26(23)35(27)18-21-8-10-24(30)11-9-21/h2-3,5,7-12,14-16,25H,4,6,13,17-19,31H2,1H3/t25-/m1/s1. The van der Waals surface area contributed by atoms with Gasteiger partial charge in [0.25, 0.3) is 0 Å². The average Bonchev–Trinajstić information content (AvgIpc) is 3.38. The first-order chi connectivity index (χ1) is 17.0. The number of benzene rings is 2. The Morgan fingerprint density at radius 3 is 2.66 bits per heavy atom. The first-order valence-corrected chi connectivity index (χ1v) is 12.3. The molecule has 4 heterocycles. The van der Waals surface area contributed by atoms with Crippen LogP contribution in [0, 0.1) is 12.7 Å². The van der Waals surface area contributed by atoms with E-state index < -0.39 is 0 Å². The molecule has 1 aliphatic heterocycles. The van der Waals surface area contributed by atoms with Crippen LogP contribution in [-0.4, -0.2) is 38.0 Å². The van der Waals surface area contributed by atoms with Crippen LogP contribution in [0.4, 0.5) is 4.39 Å². The summed E-state index contributed by atoms with van der Waals surface area (Å²) in [6.07, 6.45) is 4.41. The Hall–Kier alpha value is -3.48. The average molecular weight is 468 g/mol. The molecule has 0 amide bonds. The zero-order valence-electron chi connectivity index (χ0n) is 20.0. The largest absolute Gasteiger partial charge is 0.335 e. The lowest BCUT2D eigenvalue weighted by Crippen LogP contribution is -2.42. The van der Waals surface area contributed by atoms with Crippen molar-refractivity contribution in [1.82, 2.24) is 18.9 Å². The van der Waals surface area contributed by atoms with Crippen LogP contribution in [0.15, 0.2) is 72.9 Å². The highest BCUT2D eigenvalue weighted by Gasteiger charge is 2.19. The van der Waals surface area contributed by atoms with Crippen molar-refractivity contribution in [2.24, 2.45) is 5.73 Å². The highest BCUT2D eigenvalue weighted by molar-refractivity contribution is 5.87. The third-order valence-electron chi connectivity index (χ3n) is 7.18. The molecule has 0 aliphatic carbocycles. The second-order valence-electron chi connectivity index (χ2n) is 9.75. The SMILES string of the molecule is Cc1c(-c2cc3ccccc3n2Cc2ccc(F)cc2)nc2cc(CN3CCC[C@@H](N)C3)ccn12. The maximum Gasteiger partial charge on any atom is 0.138 e. The van der Waals surface area contributed by atoms with Crippen LogP contribution in [-0.2, 0) is 13.1 Å². The van der Waals surface area contributed by atoms with Crippen molar-refractivity contribution in [3.05, 3.63) is 95.6 Å². The van der Waals surface area contributed by atoms with Crippen LogP contribution < -0.4 is 5.73 Å². The van der Waals surface area contributed by atoms with E-state index in [1.807, 2.05) is 12.1 Å². The second-order valence-corrected chi connectivity index (χ2v) is 9.75. The Labute approximate surface area is 204 Å². The minimum Gasteiger partial charge on any atom is -0.335 e. The predicted octanol–water partition coefficient (Wildman–Crippen LogP) is 5.37. The Bertz CT molecular complexity index is 1500. The topological polar surface area (TPSA) is 51.5 Å². The van der Waals surface area contributed by atoms with Gasteiger partial charge in [0.05, 0.1) is 5.69 Å². The van der Waals surface area contributed by atoms with Gasteiger partial charge in [-0.05, 0) is 73.8 Å². The van der Waals surface area contributed by atoms with E-state index in [4.69, 9.17) is 10.7 Å². The van der Waals surface area contributed by atoms with E-state index in [-0.39, 0.29) is 11.9 Å². The molecule has 5 aromatic rings. The van der Waals surface area contributed by atoms with Gasteiger partial charge in [-0.3, -0.25) is 4.90 Å². The van der Waals surface area contributed by atoms with Crippen molar-refractivity contribution in [1.29, 1.82) is 0 Å². The zero-order chi connectivity index (χ0) is 23.9. The molecule has 0 saturated carbocycles. The third kappa shape index (κ3) is 4.24. The first-order valence-electron chi connectivity index (χ1n) is 12.3. The summed E-state index contributed by atoms with van der Waals surface area (Å²) in [6, 6.07) is 22.0. The van der Waals surface area contributed by atoms with Crippen molar-refractivity contribution >= 4 is 16.6 Å². The van der Waals surface area contributed by atoms with Crippen LogP contribution in [0.2, 0.25) is 0 Å². The molecule has 0 unspecified atom stereocenters. The molecule has 1 fully saturated rings. The predicted molar refractivity (Wildman–Crippen MR) is 139 cm³/mol. The number of nitrogens with zero attached hydrogens (tertiary/aromatic N) is 4. The van der Waals surface area contributed by atoms with E-state index in [2.05, 4.69) is 69.5 Å². The number of pyridine rings is 1. The molecule has 178 valence electrons. The summed E-state index contributed by atoms with van der Waals surface area (Å²) in [5.41, 5.74) is 13.7. The van der Waals surface area contributed by atoms with Gasteiger partial charge in [-0.15, -0.1) is 0 Å². The van der Waals surface area contributed by atoms with Crippen molar-refractivity contribution in [3.8, 4) is 11.4 Å². The van der Waals surface area contributed by atoms with Crippen molar-refractivity contribution in [3.63, 3.8) is 0 Å². The molecule has 1 aliphatic rings. The first kappa shape index (κ1) is 22.0. The van der Waals surface area contributed by atoms with Gasteiger partial charge in [-0.2, -0.15) is 0 Å². The number of halogens is 1. The lowest BCUT2D eigenvalue weighted by atomic mass is 10.1. The summed E-state index contributed by atoms with van der Waals surface area (Å²) >= 11 is 0. The number of aromatic nitrogens is 3. The molecular weight excluding hydrogens is 437 g/mol.